The molecule has 6 heteroatoms. The smallest absolute Gasteiger partial charge is 0.249 e. The monoisotopic (exact) mass is 391 g/mol. The molecule has 0 unspecified atom stereocenters. The molecule has 0 amide bonds. The second-order valence-corrected chi connectivity index (χ2v) is 6.52. The number of hydrogen-bond acceptors (Lipinski definition) is 5. The van der Waals surface area contributed by atoms with Crippen LogP contribution in [0.5, 0.6) is 5.75 Å². The number of aromatic nitrogens is 2. The first-order valence-electron chi connectivity index (χ1n) is 8.79. The molecular weight excluding hydrogens is 374 g/mol. The van der Waals surface area contributed by atoms with Crippen molar-refractivity contribution in [1.29, 1.82) is 0 Å². The fourth-order valence-electron chi connectivity index (χ4n) is 2.95. The Morgan fingerprint density at radius 1 is 0.893 bits per heavy atom. The first-order valence-corrected chi connectivity index (χ1v) is 9.17. The second kappa shape index (κ2) is 8.15. The number of benzene rings is 3. The van der Waals surface area contributed by atoms with Crippen molar-refractivity contribution in [2.75, 3.05) is 12.4 Å². The summed E-state index contributed by atoms with van der Waals surface area (Å²) >= 11 is 6.27. The molecule has 1 N–H and O–H groups in total. The molecule has 0 fully saturated rings. The van der Waals surface area contributed by atoms with Crippen LogP contribution in [-0.4, -0.2) is 17.3 Å². The lowest BCUT2D eigenvalue weighted by Gasteiger charge is -2.18. The summed E-state index contributed by atoms with van der Waals surface area (Å²) in [6.45, 7) is 0. The third-order valence-electron chi connectivity index (χ3n) is 4.33. The lowest BCUT2D eigenvalue weighted by Crippen LogP contribution is -2.13. The maximum atomic E-state index is 6.27. The molecule has 0 radical (unpaired) electrons. The molecule has 5 nitrogen and oxygen atoms in total. The number of nitrogens with zero attached hydrogens (tertiary/aromatic N) is 2. The van der Waals surface area contributed by atoms with Gasteiger partial charge in [0, 0.05) is 0 Å². The highest BCUT2D eigenvalue weighted by atomic mass is 35.5. The topological polar surface area (TPSA) is 60.2 Å². The van der Waals surface area contributed by atoms with Crippen LogP contribution in [0.2, 0.25) is 5.02 Å². The van der Waals surface area contributed by atoms with E-state index >= 15 is 0 Å². The van der Waals surface area contributed by atoms with Gasteiger partial charge in [0.15, 0.2) is 0 Å². The first kappa shape index (κ1) is 18.1. The van der Waals surface area contributed by atoms with Crippen molar-refractivity contribution in [3.8, 4) is 17.2 Å². The number of methoxy groups -OCH3 is 1. The summed E-state index contributed by atoms with van der Waals surface area (Å²) in [6.07, 6.45) is 0. The van der Waals surface area contributed by atoms with Gasteiger partial charge in [-0.1, -0.05) is 66.2 Å². The molecule has 0 aliphatic rings. The number of rotatable bonds is 6. The Morgan fingerprint density at radius 3 is 2.39 bits per heavy atom. The number of anilines is 1. The third-order valence-corrected chi connectivity index (χ3v) is 4.66. The third kappa shape index (κ3) is 3.70. The summed E-state index contributed by atoms with van der Waals surface area (Å²) in [7, 11) is 1.64. The van der Waals surface area contributed by atoms with Gasteiger partial charge in [-0.05, 0) is 29.8 Å². The van der Waals surface area contributed by atoms with E-state index in [-0.39, 0.29) is 6.04 Å². The number of para-hydroxylation sites is 2. The summed E-state index contributed by atoms with van der Waals surface area (Å²) in [5.74, 6) is 1.55. The molecule has 140 valence electrons. The van der Waals surface area contributed by atoms with E-state index in [0.717, 1.165) is 17.0 Å². The zero-order chi connectivity index (χ0) is 19.3. The van der Waals surface area contributed by atoms with E-state index in [1.54, 1.807) is 13.2 Å². The highest BCUT2D eigenvalue weighted by Gasteiger charge is 2.23. The Morgan fingerprint density at radius 2 is 1.61 bits per heavy atom. The summed E-state index contributed by atoms with van der Waals surface area (Å²) < 4.78 is 11.5. The molecule has 1 aromatic heterocycles. The summed E-state index contributed by atoms with van der Waals surface area (Å²) in [4.78, 5) is 0. The number of hydrogen-bond donors (Lipinski definition) is 1. The molecule has 0 spiro atoms. The summed E-state index contributed by atoms with van der Waals surface area (Å²) in [5.41, 5.74) is 2.52. The molecule has 0 saturated carbocycles. The van der Waals surface area contributed by atoms with Crippen LogP contribution in [-0.2, 0) is 0 Å². The Kier molecular flexibility index (Phi) is 5.26. The first-order chi connectivity index (χ1) is 13.8. The molecular formula is C22H18ClN3O2. The van der Waals surface area contributed by atoms with Crippen molar-refractivity contribution in [3.05, 3.63) is 95.3 Å². The summed E-state index contributed by atoms with van der Waals surface area (Å²) in [5, 5.41) is 12.5. The van der Waals surface area contributed by atoms with Crippen LogP contribution in [0, 0.1) is 0 Å². The van der Waals surface area contributed by atoms with Crippen molar-refractivity contribution in [2.45, 2.75) is 6.04 Å². The van der Waals surface area contributed by atoms with Crippen LogP contribution < -0.4 is 10.1 Å². The zero-order valence-electron chi connectivity index (χ0n) is 15.2. The summed E-state index contributed by atoms with van der Waals surface area (Å²) in [6, 6.07) is 24.7. The molecule has 4 aromatic rings. The van der Waals surface area contributed by atoms with Crippen molar-refractivity contribution in [3.63, 3.8) is 0 Å². The number of nitrogens with one attached hydrogen (secondary N) is 1. The van der Waals surface area contributed by atoms with Crippen LogP contribution in [0.25, 0.3) is 11.5 Å². The fraction of sp³-hybridized carbons (Fsp3) is 0.0909. The van der Waals surface area contributed by atoms with Gasteiger partial charge in [-0.15, -0.1) is 10.2 Å². The van der Waals surface area contributed by atoms with Crippen molar-refractivity contribution >= 4 is 17.3 Å². The van der Waals surface area contributed by atoms with Crippen LogP contribution in [0.1, 0.15) is 17.5 Å². The zero-order valence-corrected chi connectivity index (χ0v) is 15.9. The Balaban J connectivity index is 1.74. The molecule has 3 aromatic carbocycles. The van der Waals surface area contributed by atoms with E-state index in [1.807, 2.05) is 72.8 Å². The normalized spacial score (nSPS) is 11.8. The van der Waals surface area contributed by atoms with E-state index in [9.17, 15) is 0 Å². The van der Waals surface area contributed by atoms with Gasteiger partial charge in [-0.3, -0.25) is 0 Å². The van der Waals surface area contributed by atoms with Gasteiger partial charge in [0.05, 0.1) is 23.4 Å². The van der Waals surface area contributed by atoms with Gasteiger partial charge < -0.3 is 14.5 Å². The molecule has 1 heterocycles. The SMILES string of the molecule is COc1ccccc1N[C@@H](c1ccccc1)c1nnc(-c2ccccc2Cl)o1. The Bertz CT molecular complexity index is 1070. The van der Waals surface area contributed by atoms with Crippen LogP contribution in [0.15, 0.2) is 83.3 Å². The Hall–Kier alpha value is -3.31. The van der Waals surface area contributed by atoms with E-state index in [0.29, 0.717) is 22.4 Å². The second-order valence-electron chi connectivity index (χ2n) is 6.11. The van der Waals surface area contributed by atoms with Crippen molar-refractivity contribution in [1.82, 2.24) is 10.2 Å². The largest absolute Gasteiger partial charge is 0.495 e. The fourth-order valence-corrected chi connectivity index (χ4v) is 3.16. The lowest BCUT2D eigenvalue weighted by molar-refractivity contribution is 0.415. The van der Waals surface area contributed by atoms with Crippen molar-refractivity contribution in [2.24, 2.45) is 0 Å². The minimum atomic E-state index is -0.346. The van der Waals surface area contributed by atoms with Crippen molar-refractivity contribution < 1.29 is 9.15 Å². The number of halogens is 1. The quantitative estimate of drug-likeness (QED) is 0.463. The minimum Gasteiger partial charge on any atom is -0.495 e. The molecule has 0 bridgehead atoms. The standard InChI is InChI=1S/C22H18ClN3O2/c1-27-19-14-8-7-13-18(19)24-20(15-9-3-2-4-10-15)22-26-25-21(28-22)16-11-5-6-12-17(16)23/h2-14,20,24H,1H3/t20-/m0/s1. The maximum Gasteiger partial charge on any atom is 0.249 e. The molecule has 1 atom stereocenters. The van der Waals surface area contributed by atoms with Gasteiger partial charge in [-0.25, -0.2) is 0 Å². The van der Waals surface area contributed by atoms with Crippen LogP contribution in [0.3, 0.4) is 0 Å². The predicted octanol–water partition coefficient (Wildman–Crippen LogP) is 5.60. The molecule has 0 aliphatic carbocycles. The average molecular weight is 392 g/mol. The highest BCUT2D eigenvalue weighted by Crippen LogP contribution is 2.33. The van der Waals surface area contributed by atoms with E-state index in [4.69, 9.17) is 20.8 Å². The molecule has 0 aliphatic heterocycles. The maximum absolute atomic E-state index is 6.27. The van der Waals surface area contributed by atoms with E-state index < -0.39 is 0 Å². The minimum absolute atomic E-state index is 0.346. The predicted molar refractivity (Wildman–Crippen MR) is 110 cm³/mol. The highest BCUT2D eigenvalue weighted by molar-refractivity contribution is 6.33. The van der Waals surface area contributed by atoms with Gasteiger partial charge >= 0.3 is 0 Å². The van der Waals surface area contributed by atoms with Gasteiger partial charge in [0.25, 0.3) is 0 Å². The van der Waals surface area contributed by atoms with Gasteiger partial charge in [0.1, 0.15) is 11.8 Å². The van der Waals surface area contributed by atoms with E-state index in [2.05, 4.69) is 15.5 Å². The van der Waals surface area contributed by atoms with E-state index in [1.165, 1.54) is 0 Å². The molecule has 28 heavy (non-hydrogen) atoms. The lowest BCUT2D eigenvalue weighted by atomic mass is 10.1. The van der Waals surface area contributed by atoms with Gasteiger partial charge in [-0.2, -0.15) is 0 Å². The molecule has 4 rings (SSSR count). The molecule has 0 saturated heterocycles. The van der Waals surface area contributed by atoms with Crippen LogP contribution in [0.4, 0.5) is 5.69 Å². The van der Waals surface area contributed by atoms with Gasteiger partial charge in [0.2, 0.25) is 11.8 Å². The number of ether oxygens (including phenoxy) is 1. The average Bonchev–Trinajstić information content (AvgIpc) is 3.23. The van der Waals surface area contributed by atoms with Crippen LogP contribution >= 0.6 is 11.6 Å². The Labute approximate surface area is 168 Å².